The lowest BCUT2D eigenvalue weighted by Gasteiger charge is -2.24. The van der Waals surface area contributed by atoms with Gasteiger partial charge in [-0.15, -0.1) is 0 Å². The quantitative estimate of drug-likeness (QED) is 0.503. The average molecular weight is 399 g/mol. The Morgan fingerprint density at radius 3 is 2.52 bits per heavy atom. The molecule has 0 saturated heterocycles. The van der Waals surface area contributed by atoms with Crippen molar-refractivity contribution in [3.05, 3.63) is 65.0 Å². The van der Waals surface area contributed by atoms with Crippen molar-refractivity contribution < 1.29 is 13.6 Å². The predicted octanol–water partition coefficient (Wildman–Crippen LogP) is 5.48. The fraction of sp³-hybridized carbons (Fsp3) is 0.391. The summed E-state index contributed by atoms with van der Waals surface area (Å²) in [4.78, 5) is 19.6. The maximum absolute atomic E-state index is 13.8. The van der Waals surface area contributed by atoms with E-state index in [-0.39, 0.29) is 11.7 Å². The highest BCUT2D eigenvalue weighted by atomic mass is 19.1. The number of fused-ring (bicyclic) bond motifs is 1. The number of carbonyl (C=O) groups is 1. The first-order valence-electron chi connectivity index (χ1n) is 10.1. The van der Waals surface area contributed by atoms with Gasteiger partial charge in [0, 0.05) is 18.7 Å². The number of hydrogen-bond acceptors (Lipinski definition) is 2. The molecule has 1 aromatic heterocycles. The summed E-state index contributed by atoms with van der Waals surface area (Å²) in [6, 6.07) is 8.81. The van der Waals surface area contributed by atoms with Gasteiger partial charge in [-0.25, -0.2) is 13.8 Å². The number of carbonyl (C=O) groups excluding carboxylic acids is 1. The second-order valence-corrected chi connectivity index (χ2v) is 7.35. The van der Waals surface area contributed by atoms with E-state index in [1.165, 1.54) is 24.3 Å². The highest BCUT2D eigenvalue weighted by Gasteiger charge is 2.21. The summed E-state index contributed by atoms with van der Waals surface area (Å²) in [5.74, 6) is -0.235. The molecule has 0 aliphatic rings. The monoisotopic (exact) mass is 399 g/mol. The molecule has 0 radical (unpaired) electrons. The Bertz CT molecular complexity index is 1010. The van der Waals surface area contributed by atoms with Gasteiger partial charge < -0.3 is 9.47 Å². The van der Waals surface area contributed by atoms with Crippen LogP contribution in [-0.4, -0.2) is 26.9 Å². The number of benzene rings is 2. The van der Waals surface area contributed by atoms with Crippen LogP contribution in [0.2, 0.25) is 0 Å². The van der Waals surface area contributed by atoms with Gasteiger partial charge in [-0.2, -0.15) is 0 Å². The molecule has 3 rings (SSSR count). The summed E-state index contributed by atoms with van der Waals surface area (Å²) in [6.45, 7) is 7.44. The van der Waals surface area contributed by atoms with Crippen molar-refractivity contribution >= 4 is 16.9 Å². The molecule has 0 bridgehead atoms. The van der Waals surface area contributed by atoms with Crippen molar-refractivity contribution in [2.24, 2.45) is 0 Å². The largest absolute Gasteiger partial charge is 0.331 e. The van der Waals surface area contributed by atoms with Gasteiger partial charge in [0.05, 0.1) is 17.6 Å². The van der Waals surface area contributed by atoms with Gasteiger partial charge in [-0.05, 0) is 55.7 Å². The van der Waals surface area contributed by atoms with Gasteiger partial charge >= 0.3 is 0 Å². The van der Waals surface area contributed by atoms with Crippen molar-refractivity contribution in [2.75, 3.05) is 6.54 Å². The lowest BCUT2D eigenvalue weighted by molar-refractivity contribution is 0.0733. The second kappa shape index (κ2) is 9.16. The highest BCUT2D eigenvalue weighted by Crippen LogP contribution is 2.21. The molecule has 0 fully saturated rings. The zero-order chi connectivity index (χ0) is 21.0. The van der Waals surface area contributed by atoms with Gasteiger partial charge in [0.1, 0.15) is 17.5 Å². The molecule has 29 heavy (non-hydrogen) atoms. The van der Waals surface area contributed by atoms with E-state index in [2.05, 4.69) is 11.9 Å². The minimum absolute atomic E-state index is 0.211. The van der Waals surface area contributed by atoms with E-state index in [9.17, 15) is 13.6 Å². The highest BCUT2D eigenvalue weighted by molar-refractivity contribution is 5.95. The smallest absolute Gasteiger partial charge is 0.254 e. The van der Waals surface area contributed by atoms with Crippen molar-refractivity contribution in [1.29, 1.82) is 0 Å². The number of nitrogens with zero attached hydrogens (tertiary/aromatic N) is 3. The van der Waals surface area contributed by atoms with Crippen molar-refractivity contribution in [3.8, 4) is 0 Å². The minimum atomic E-state index is -0.428. The third-order valence-corrected chi connectivity index (χ3v) is 5.07. The zero-order valence-corrected chi connectivity index (χ0v) is 17.2. The Kier molecular flexibility index (Phi) is 6.62. The van der Waals surface area contributed by atoms with E-state index in [4.69, 9.17) is 0 Å². The summed E-state index contributed by atoms with van der Waals surface area (Å²) in [5, 5.41) is 0. The minimum Gasteiger partial charge on any atom is -0.331 e. The van der Waals surface area contributed by atoms with Crippen LogP contribution in [0.3, 0.4) is 0 Å². The Balaban J connectivity index is 1.99. The summed E-state index contributed by atoms with van der Waals surface area (Å²) >= 11 is 0. The van der Waals surface area contributed by atoms with Gasteiger partial charge in [0.25, 0.3) is 5.91 Å². The number of aryl methyl sites for hydroxylation is 2. The van der Waals surface area contributed by atoms with Crippen LogP contribution < -0.4 is 0 Å². The number of halogens is 2. The van der Waals surface area contributed by atoms with Gasteiger partial charge in [-0.1, -0.05) is 26.3 Å². The topological polar surface area (TPSA) is 38.1 Å². The third kappa shape index (κ3) is 4.63. The van der Waals surface area contributed by atoms with Crippen LogP contribution >= 0.6 is 0 Å². The maximum Gasteiger partial charge on any atom is 0.254 e. The van der Waals surface area contributed by atoms with Crippen LogP contribution in [0.1, 0.15) is 54.9 Å². The van der Waals surface area contributed by atoms with E-state index in [0.29, 0.717) is 36.5 Å². The Labute approximate surface area is 170 Å². The predicted molar refractivity (Wildman–Crippen MR) is 111 cm³/mol. The number of hydrogen-bond donors (Lipinski definition) is 0. The van der Waals surface area contributed by atoms with E-state index in [1.807, 2.05) is 11.5 Å². The maximum atomic E-state index is 13.8. The van der Waals surface area contributed by atoms with Gasteiger partial charge in [-0.3, -0.25) is 4.79 Å². The third-order valence-electron chi connectivity index (χ3n) is 5.07. The first-order valence-corrected chi connectivity index (χ1v) is 10.1. The molecular weight excluding hydrogens is 372 g/mol. The van der Waals surface area contributed by atoms with Crippen LogP contribution in [-0.2, 0) is 13.1 Å². The standard InChI is InChI=1S/C23H27F2N3O/c1-4-6-12-27(23(29)19-13-17(24)8-7-16(19)3)15-22-26-20-10-9-18(25)14-21(20)28(22)11-5-2/h7-10,13-14H,4-6,11-12,15H2,1-3H3. The van der Waals surface area contributed by atoms with Gasteiger partial charge in [0.2, 0.25) is 0 Å². The van der Waals surface area contributed by atoms with Crippen LogP contribution in [0.25, 0.3) is 11.0 Å². The lowest BCUT2D eigenvalue weighted by atomic mass is 10.1. The molecule has 0 saturated carbocycles. The van der Waals surface area contributed by atoms with E-state index in [1.54, 1.807) is 24.0 Å². The average Bonchev–Trinajstić information content (AvgIpc) is 3.03. The summed E-state index contributed by atoms with van der Waals surface area (Å²) < 4.78 is 29.5. The Morgan fingerprint density at radius 1 is 1.07 bits per heavy atom. The molecule has 0 unspecified atom stereocenters. The zero-order valence-electron chi connectivity index (χ0n) is 17.2. The SMILES string of the molecule is CCCCN(Cc1nc2ccc(F)cc2n1CCC)C(=O)c1cc(F)ccc1C. The van der Waals surface area contributed by atoms with E-state index < -0.39 is 5.82 Å². The van der Waals surface area contributed by atoms with Crippen LogP contribution in [0.15, 0.2) is 36.4 Å². The van der Waals surface area contributed by atoms with Gasteiger partial charge in [0.15, 0.2) is 0 Å². The molecule has 154 valence electrons. The molecule has 1 amide bonds. The van der Waals surface area contributed by atoms with Crippen LogP contribution in [0, 0.1) is 18.6 Å². The summed E-state index contributed by atoms with van der Waals surface area (Å²) in [7, 11) is 0. The molecule has 0 N–H and O–H groups in total. The molecule has 2 aromatic carbocycles. The molecule has 0 aliphatic heterocycles. The van der Waals surface area contributed by atoms with E-state index >= 15 is 0 Å². The van der Waals surface area contributed by atoms with E-state index in [0.717, 1.165) is 30.3 Å². The fourth-order valence-corrected chi connectivity index (χ4v) is 3.51. The molecule has 1 heterocycles. The number of amides is 1. The van der Waals surface area contributed by atoms with Crippen LogP contribution in [0.5, 0.6) is 0 Å². The number of rotatable bonds is 8. The van der Waals surface area contributed by atoms with Crippen molar-refractivity contribution in [2.45, 2.75) is 53.1 Å². The summed E-state index contributed by atoms with van der Waals surface area (Å²) in [5.41, 5.74) is 2.54. The molecule has 3 aromatic rings. The Morgan fingerprint density at radius 2 is 1.79 bits per heavy atom. The van der Waals surface area contributed by atoms with Crippen molar-refractivity contribution in [3.63, 3.8) is 0 Å². The first kappa shape index (κ1) is 21.0. The van der Waals surface area contributed by atoms with Crippen LogP contribution in [0.4, 0.5) is 8.78 Å². The molecular formula is C23H27F2N3O. The molecule has 0 atom stereocenters. The number of unbranched alkanes of at least 4 members (excludes halogenated alkanes) is 1. The Hall–Kier alpha value is -2.76. The molecule has 0 spiro atoms. The molecule has 4 nitrogen and oxygen atoms in total. The second-order valence-electron chi connectivity index (χ2n) is 7.35. The van der Waals surface area contributed by atoms with Crippen molar-refractivity contribution in [1.82, 2.24) is 14.5 Å². The molecule has 6 heteroatoms. The number of imidazole rings is 1. The molecule has 0 aliphatic carbocycles. The fourth-order valence-electron chi connectivity index (χ4n) is 3.51. The lowest BCUT2D eigenvalue weighted by Crippen LogP contribution is -2.33. The normalized spacial score (nSPS) is 11.2. The number of aromatic nitrogens is 2. The first-order chi connectivity index (χ1) is 13.9. The summed E-state index contributed by atoms with van der Waals surface area (Å²) in [6.07, 6.45) is 2.63.